The molecular formula is C21H23N5O2. The third-order valence-electron chi connectivity index (χ3n) is 4.64. The lowest BCUT2D eigenvalue weighted by atomic mass is 10.2. The number of primary amides is 1. The predicted molar refractivity (Wildman–Crippen MR) is 109 cm³/mol. The fourth-order valence-electron chi connectivity index (χ4n) is 3.24. The molecule has 28 heavy (non-hydrogen) atoms. The molecule has 1 saturated heterocycles. The Kier molecular flexibility index (Phi) is 6.25. The van der Waals surface area contributed by atoms with Crippen molar-refractivity contribution in [3.63, 3.8) is 0 Å². The third kappa shape index (κ3) is 4.87. The molecule has 7 nitrogen and oxygen atoms in total. The van der Waals surface area contributed by atoms with Gasteiger partial charge in [0.05, 0.1) is 12.1 Å². The summed E-state index contributed by atoms with van der Waals surface area (Å²) in [5, 5.41) is 2.89. The van der Waals surface area contributed by atoms with Gasteiger partial charge in [-0.05, 0) is 42.8 Å². The van der Waals surface area contributed by atoms with E-state index in [1.54, 1.807) is 42.6 Å². The summed E-state index contributed by atoms with van der Waals surface area (Å²) in [5.74, 6) is 2.60. The standard InChI is InChI=1S/C21H23N5O2/c1-2-16-6-8-17(9-7-16)24-19(27)15-25-11-4-12-26(14-13-25)21-18(20(22)28)5-3-10-23-21/h1,3,5-10H,4,11-15H2,(H2,22,28)(H,24,27). The molecule has 0 atom stereocenters. The fourth-order valence-corrected chi connectivity index (χ4v) is 3.24. The summed E-state index contributed by atoms with van der Waals surface area (Å²) in [6.45, 7) is 3.21. The number of carbonyl (C=O) groups is 2. The van der Waals surface area contributed by atoms with Crippen LogP contribution in [0.25, 0.3) is 0 Å². The predicted octanol–water partition coefficient (Wildman–Crippen LogP) is 1.31. The van der Waals surface area contributed by atoms with Gasteiger partial charge in [0, 0.05) is 43.6 Å². The number of pyridine rings is 1. The van der Waals surface area contributed by atoms with Gasteiger partial charge in [0.15, 0.2) is 0 Å². The highest BCUT2D eigenvalue weighted by molar-refractivity contribution is 5.97. The SMILES string of the molecule is C#Cc1ccc(NC(=O)CN2CCCN(c3ncccc3C(N)=O)CC2)cc1. The molecule has 1 aromatic heterocycles. The van der Waals surface area contributed by atoms with Gasteiger partial charge in [0.1, 0.15) is 5.82 Å². The number of nitrogens with two attached hydrogens (primary N) is 1. The zero-order valence-electron chi connectivity index (χ0n) is 15.6. The van der Waals surface area contributed by atoms with Crippen molar-refractivity contribution in [3.8, 4) is 12.3 Å². The second-order valence-corrected chi connectivity index (χ2v) is 6.63. The summed E-state index contributed by atoms with van der Waals surface area (Å²) < 4.78 is 0. The van der Waals surface area contributed by atoms with Gasteiger partial charge < -0.3 is 16.0 Å². The van der Waals surface area contributed by atoms with Crippen LogP contribution in [0.5, 0.6) is 0 Å². The zero-order valence-corrected chi connectivity index (χ0v) is 15.6. The van der Waals surface area contributed by atoms with E-state index >= 15 is 0 Å². The zero-order chi connectivity index (χ0) is 19.9. The van der Waals surface area contributed by atoms with Crippen LogP contribution in [0.1, 0.15) is 22.3 Å². The van der Waals surface area contributed by atoms with Gasteiger partial charge in [-0.3, -0.25) is 14.5 Å². The van der Waals surface area contributed by atoms with Crippen molar-refractivity contribution in [1.29, 1.82) is 0 Å². The van der Waals surface area contributed by atoms with Crippen LogP contribution in [0.3, 0.4) is 0 Å². The number of rotatable bonds is 5. The van der Waals surface area contributed by atoms with E-state index in [9.17, 15) is 9.59 Å². The molecule has 0 unspecified atom stereocenters. The molecule has 3 N–H and O–H groups in total. The molecule has 144 valence electrons. The quantitative estimate of drug-likeness (QED) is 0.767. The van der Waals surface area contributed by atoms with Crippen LogP contribution < -0.4 is 16.0 Å². The highest BCUT2D eigenvalue weighted by Crippen LogP contribution is 2.18. The van der Waals surface area contributed by atoms with Gasteiger partial charge in [-0.2, -0.15) is 0 Å². The van der Waals surface area contributed by atoms with Crippen LogP contribution in [0, 0.1) is 12.3 Å². The summed E-state index contributed by atoms with van der Waals surface area (Å²) >= 11 is 0. The van der Waals surface area contributed by atoms with Gasteiger partial charge in [-0.15, -0.1) is 6.42 Å². The first kappa shape index (κ1) is 19.4. The van der Waals surface area contributed by atoms with E-state index in [-0.39, 0.29) is 5.91 Å². The van der Waals surface area contributed by atoms with Crippen LogP contribution in [0.4, 0.5) is 11.5 Å². The Morgan fingerprint density at radius 3 is 2.64 bits per heavy atom. The van der Waals surface area contributed by atoms with Crippen molar-refractivity contribution in [3.05, 3.63) is 53.7 Å². The summed E-state index contributed by atoms with van der Waals surface area (Å²) in [7, 11) is 0. The number of hydrogen-bond donors (Lipinski definition) is 2. The van der Waals surface area contributed by atoms with Crippen molar-refractivity contribution in [2.75, 3.05) is 42.9 Å². The number of terminal acetylenes is 1. The minimum Gasteiger partial charge on any atom is -0.365 e. The summed E-state index contributed by atoms with van der Waals surface area (Å²) in [4.78, 5) is 32.5. The molecule has 0 aliphatic carbocycles. The van der Waals surface area contributed by atoms with E-state index in [4.69, 9.17) is 12.2 Å². The molecule has 0 bridgehead atoms. The van der Waals surface area contributed by atoms with Gasteiger partial charge in [0.25, 0.3) is 5.91 Å². The van der Waals surface area contributed by atoms with E-state index in [0.29, 0.717) is 31.0 Å². The number of benzene rings is 1. The van der Waals surface area contributed by atoms with Crippen LogP contribution in [-0.4, -0.2) is 54.4 Å². The minimum atomic E-state index is -0.487. The number of nitrogens with zero attached hydrogens (tertiary/aromatic N) is 3. The van der Waals surface area contributed by atoms with E-state index < -0.39 is 5.91 Å². The summed E-state index contributed by atoms with van der Waals surface area (Å²) in [6.07, 6.45) is 7.86. The minimum absolute atomic E-state index is 0.0717. The van der Waals surface area contributed by atoms with Crippen molar-refractivity contribution in [2.24, 2.45) is 5.73 Å². The molecule has 1 fully saturated rings. The monoisotopic (exact) mass is 377 g/mol. The maximum Gasteiger partial charge on any atom is 0.252 e. The Morgan fingerprint density at radius 1 is 1.14 bits per heavy atom. The number of amides is 2. The Bertz CT molecular complexity index is 888. The molecule has 2 heterocycles. The topological polar surface area (TPSA) is 91.6 Å². The summed E-state index contributed by atoms with van der Waals surface area (Å²) in [6, 6.07) is 10.6. The largest absolute Gasteiger partial charge is 0.365 e. The fraction of sp³-hybridized carbons (Fsp3) is 0.286. The molecule has 3 rings (SSSR count). The highest BCUT2D eigenvalue weighted by atomic mass is 16.2. The van der Waals surface area contributed by atoms with Crippen LogP contribution in [0.15, 0.2) is 42.6 Å². The second-order valence-electron chi connectivity index (χ2n) is 6.63. The Morgan fingerprint density at radius 2 is 1.93 bits per heavy atom. The molecule has 2 aromatic rings. The van der Waals surface area contributed by atoms with Crippen LogP contribution in [0.2, 0.25) is 0 Å². The van der Waals surface area contributed by atoms with Crippen molar-refractivity contribution < 1.29 is 9.59 Å². The van der Waals surface area contributed by atoms with E-state index in [0.717, 1.165) is 30.8 Å². The van der Waals surface area contributed by atoms with Crippen molar-refractivity contribution in [1.82, 2.24) is 9.88 Å². The third-order valence-corrected chi connectivity index (χ3v) is 4.64. The molecule has 1 aromatic carbocycles. The Balaban J connectivity index is 1.57. The van der Waals surface area contributed by atoms with Crippen LogP contribution >= 0.6 is 0 Å². The van der Waals surface area contributed by atoms with E-state index in [1.807, 2.05) is 0 Å². The average Bonchev–Trinajstić information content (AvgIpc) is 2.94. The first-order chi connectivity index (χ1) is 13.6. The lowest BCUT2D eigenvalue weighted by Crippen LogP contribution is -2.37. The van der Waals surface area contributed by atoms with Gasteiger partial charge in [-0.25, -0.2) is 4.98 Å². The smallest absolute Gasteiger partial charge is 0.252 e. The lowest BCUT2D eigenvalue weighted by Gasteiger charge is -2.23. The normalized spacial score (nSPS) is 14.8. The Hall–Kier alpha value is -3.37. The number of carbonyl (C=O) groups excluding carboxylic acids is 2. The number of anilines is 2. The molecule has 2 amide bonds. The van der Waals surface area contributed by atoms with Crippen molar-refractivity contribution >= 4 is 23.3 Å². The first-order valence-electron chi connectivity index (χ1n) is 9.15. The average molecular weight is 377 g/mol. The Labute approximate surface area is 164 Å². The summed E-state index contributed by atoms with van der Waals surface area (Å²) in [5.41, 5.74) is 7.38. The molecule has 1 aliphatic heterocycles. The molecule has 0 radical (unpaired) electrons. The lowest BCUT2D eigenvalue weighted by molar-refractivity contribution is -0.117. The number of nitrogens with one attached hydrogen (secondary N) is 1. The van der Waals surface area contributed by atoms with Gasteiger partial charge >= 0.3 is 0 Å². The van der Waals surface area contributed by atoms with Gasteiger partial charge in [0.2, 0.25) is 5.91 Å². The van der Waals surface area contributed by atoms with Crippen LogP contribution in [-0.2, 0) is 4.79 Å². The number of hydrogen-bond acceptors (Lipinski definition) is 5. The molecule has 1 aliphatic rings. The molecule has 0 saturated carbocycles. The first-order valence-corrected chi connectivity index (χ1v) is 9.15. The molecular weight excluding hydrogens is 354 g/mol. The molecule has 0 spiro atoms. The molecule has 7 heteroatoms. The van der Waals surface area contributed by atoms with E-state index in [1.165, 1.54) is 0 Å². The maximum atomic E-state index is 12.4. The van der Waals surface area contributed by atoms with Gasteiger partial charge in [-0.1, -0.05) is 5.92 Å². The van der Waals surface area contributed by atoms with E-state index in [2.05, 4.69) is 26.0 Å². The highest BCUT2D eigenvalue weighted by Gasteiger charge is 2.21. The number of aromatic nitrogens is 1. The maximum absolute atomic E-state index is 12.4. The van der Waals surface area contributed by atoms with Crippen molar-refractivity contribution in [2.45, 2.75) is 6.42 Å². The second kappa shape index (κ2) is 9.02.